The lowest BCUT2D eigenvalue weighted by Gasteiger charge is -2.42. The molecule has 5 atom stereocenters. The van der Waals surface area contributed by atoms with Crippen LogP contribution in [0.25, 0.3) is 6.08 Å². The molecule has 0 N–H and O–H groups in total. The molecule has 3 rings (SSSR count). The Morgan fingerprint density at radius 2 is 1.79 bits per heavy atom. The van der Waals surface area contributed by atoms with Crippen molar-refractivity contribution in [2.75, 3.05) is 0 Å². The number of hydrogen-bond donors (Lipinski definition) is 0. The smallest absolute Gasteiger partial charge is 0.331 e. The maximum Gasteiger partial charge on any atom is 0.331 e. The van der Waals surface area contributed by atoms with Gasteiger partial charge in [0.15, 0.2) is 5.89 Å². The summed E-state index contributed by atoms with van der Waals surface area (Å²) in [5.41, 5.74) is 1.94. The van der Waals surface area contributed by atoms with Crippen molar-refractivity contribution in [1.82, 2.24) is 4.98 Å². The van der Waals surface area contributed by atoms with Crippen molar-refractivity contribution in [2.45, 2.75) is 78.9 Å². The Bertz CT molecular complexity index is 909. The van der Waals surface area contributed by atoms with E-state index in [1.54, 1.807) is 13.0 Å². The fourth-order valence-electron chi connectivity index (χ4n) is 5.27. The van der Waals surface area contributed by atoms with Crippen LogP contribution in [0.1, 0.15) is 71.4 Å². The number of ether oxygens (including phenoxy) is 2. The molecule has 1 aromatic heterocycles. The van der Waals surface area contributed by atoms with Gasteiger partial charge in [0, 0.05) is 32.8 Å². The van der Waals surface area contributed by atoms with Crippen LogP contribution in [-0.4, -0.2) is 29.1 Å². The average molecular weight is 456 g/mol. The zero-order valence-corrected chi connectivity index (χ0v) is 20.5. The predicted octanol–water partition coefficient (Wildman–Crippen LogP) is 5.82. The van der Waals surface area contributed by atoms with E-state index >= 15 is 0 Å². The van der Waals surface area contributed by atoms with Gasteiger partial charge in [-0.25, -0.2) is 9.78 Å². The zero-order chi connectivity index (χ0) is 24.0. The largest absolute Gasteiger partial charge is 0.462 e. The molecule has 0 bridgehead atoms. The van der Waals surface area contributed by atoms with Gasteiger partial charge in [-0.1, -0.05) is 37.6 Å². The minimum absolute atomic E-state index is 0.119. The number of oxazole rings is 1. The molecule has 0 spiro atoms. The molecule has 0 saturated carbocycles. The van der Waals surface area contributed by atoms with E-state index < -0.39 is 0 Å². The molecule has 2 aliphatic carbocycles. The normalized spacial score (nSPS) is 29.3. The Labute approximate surface area is 197 Å². The Morgan fingerprint density at radius 1 is 1.09 bits per heavy atom. The lowest BCUT2D eigenvalue weighted by molar-refractivity contribution is -0.148. The van der Waals surface area contributed by atoms with Crippen LogP contribution < -0.4 is 0 Å². The van der Waals surface area contributed by atoms with Crippen molar-refractivity contribution in [3.63, 3.8) is 0 Å². The number of aryl methyl sites for hydroxylation is 1. The van der Waals surface area contributed by atoms with Crippen LogP contribution in [0.2, 0.25) is 0 Å². The first kappa shape index (κ1) is 25.0. The summed E-state index contributed by atoms with van der Waals surface area (Å²) in [6.07, 6.45) is 14.6. The highest BCUT2D eigenvalue weighted by Gasteiger charge is 2.38. The molecule has 0 saturated heterocycles. The quantitative estimate of drug-likeness (QED) is 0.316. The van der Waals surface area contributed by atoms with Crippen molar-refractivity contribution in [3.8, 4) is 0 Å². The number of fused-ring (bicyclic) bond motifs is 1. The lowest BCUT2D eigenvalue weighted by atomic mass is 9.64. The van der Waals surface area contributed by atoms with Gasteiger partial charge in [0.1, 0.15) is 24.2 Å². The zero-order valence-electron chi connectivity index (χ0n) is 20.5. The topological polar surface area (TPSA) is 78.6 Å². The number of nitrogens with zero attached hydrogens (tertiary/aromatic N) is 1. The van der Waals surface area contributed by atoms with Crippen molar-refractivity contribution in [2.24, 2.45) is 23.7 Å². The fraction of sp³-hybridized carbons (Fsp3) is 0.593. The van der Waals surface area contributed by atoms with Crippen molar-refractivity contribution in [3.05, 3.63) is 47.7 Å². The second kappa shape index (κ2) is 11.5. The van der Waals surface area contributed by atoms with Crippen LogP contribution in [0.15, 0.2) is 40.6 Å². The SMILES string of the molecule is CC(=O)O[C@@H]1C/C=C\C[C@@H](OC(=O)/C=C/c2coc(C)n2)C[C@H]2C(C)=CC[C@H](C(C)C)[C@H]2C1. The summed E-state index contributed by atoms with van der Waals surface area (Å²) in [6, 6.07) is 0. The van der Waals surface area contributed by atoms with Crippen molar-refractivity contribution in [1.29, 1.82) is 0 Å². The van der Waals surface area contributed by atoms with Gasteiger partial charge in [0.05, 0.1) is 0 Å². The third-order valence-electron chi connectivity index (χ3n) is 6.88. The first-order valence-electron chi connectivity index (χ1n) is 12.0. The molecule has 1 heterocycles. The van der Waals surface area contributed by atoms with E-state index in [1.807, 2.05) is 6.08 Å². The minimum Gasteiger partial charge on any atom is -0.462 e. The van der Waals surface area contributed by atoms with E-state index in [2.05, 4.69) is 37.9 Å². The second-order valence-corrected chi connectivity index (χ2v) is 9.69. The molecule has 0 aliphatic heterocycles. The van der Waals surface area contributed by atoms with Gasteiger partial charge >= 0.3 is 11.9 Å². The molecular weight excluding hydrogens is 418 g/mol. The Morgan fingerprint density at radius 3 is 2.39 bits per heavy atom. The Balaban J connectivity index is 1.79. The van der Waals surface area contributed by atoms with Crippen LogP contribution in [0, 0.1) is 30.6 Å². The highest BCUT2D eigenvalue weighted by molar-refractivity contribution is 5.86. The lowest BCUT2D eigenvalue weighted by Crippen LogP contribution is -2.37. The number of hydrogen-bond acceptors (Lipinski definition) is 6. The molecule has 1 aromatic rings. The highest BCUT2D eigenvalue weighted by atomic mass is 16.5. The number of aromatic nitrogens is 1. The standard InChI is InChI=1S/C27H37NO5/c1-17(2)24-12-10-18(3)25-14-23(33-27(30)13-11-21-16-31-19(4)28-21)9-7-6-8-22(15-26(24)25)32-20(5)29/h6-7,10-11,13,16-17,22-26H,8-9,12,14-15H2,1-5H3/b7-6-,13-11+/t22-,23-,24-,25+,26-/m1/s1. The number of allylic oxidation sites excluding steroid dienone is 2. The van der Waals surface area contributed by atoms with E-state index in [-0.39, 0.29) is 30.1 Å². The first-order valence-corrected chi connectivity index (χ1v) is 12.0. The van der Waals surface area contributed by atoms with E-state index in [1.165, 1.54) is 24.8 Å². The number of carbonyl (C=O) groups is 2. The van der Waals surface area contributed by atoms with Crippen LogP contribution in [0.4, 0.5) is 0 Å². The van der Waals surface area contributed by atoms with Crippen LogP contribution >= 0.6 is 0 Å². The molecule has 33 heavy (non-hydrogen) atoms. The molecule has 0 unspecified atom stereocenters. The van der Waals surface area contributed by atoms with Crippen molar-refractivity contribution < 1.29 is 23.5 Å². The molecule has 180 valence electrons. The Kier molecular flexibility index (Phi) is 8.70. The van der Waals surface area contributed by atoms with Crippen LogP contribution in [0.3, 0.4) is 0 Å². The number of rotatable bonds is 5. The van der Waals surface area contributed by atoms with Gasteiger partial charge in [-0.05, 0) is 55.9 Å². The van der Waals surface area contributed by atoms with Gasteiger partial charge in [-0.3, -0.25) is 4.79 Å². The maximum absolute atomic E-state index is 12.6. The van der Waals surface area contributed by atoms with Crippen LogP contribution in [0.5, 0.6) is 0 Å². The van der Waals surface area contributed by atoms with E-state index in [0.29, 0.717) is 42.2 Å². The molecule has 0 aromatic carbocycles. The third-order valence-corrected chi connectivity index (χ3v) is 6.88. The summed E-state index contributed by atoms with van der Waals surface area (Å²) in [5, 5.41) is 0. The first-order chi connectivity index (χ1) is 15.7. The van der Waals surface area contributed by atoms with Crippen molar-refractivity contribution >= 4 is 18.0 Å². The molecule has 6 nitrogen and oxygen atoms in total. The van der Waals surface area contributed by atoms with Crippen LogP contribution in [-0.2, 0) is 19.1 Å². The molecule has 0 fully saturated rings. The minimum atomic E-state index is -0.377. The summed E-state index contributed by atoms with van der Waals surface area (Å²) in [7, 11) is 0. The number of carbonyl (C=O) groups excluding carboxylic acids is 2. The molecule has 0 radical (unpaired) electrons. The van der Waals surface area contributed by atoms with Gasteiger partial charge in [0.2, 0.25) is 0 Å². The average Bonchev–Trinajstić information content (AvgIpc) is 3.16. The molecule has 6 heteroatoms. The monoisotopic (exact) mass is 455 g/mol. The Hall–Kier alpha value is -2.63. The fourth-order valence-corrected chi connectivity index (χ4v) is 5.27. The second-order valence-electron chi connectivity index (χ2n) is 9.69. The van der Waals surface area contributed by atoms with E-state index in [0.717, 1.165) is 19.3 Å². The van der Waals surface area contributed by atoms with Gasteiger partial charge in [-0.15, -0.1) is 0 Å². The summed E-state index contributed by atoms with van der Waals surface area (Å²) in [6.45, 7) is 9.96. The summed E-state index contributed by atoms with van der Waals surface area (Å²) >= 11 is 0. The number of esters is 2. The van der Waals surface area contributed by atoms with E-state index in [9.17, 15) is 9.59 Å². The summed E-state index contributed by atoms with van der Waals surface area (Å²) in [5.74, 6) is 1.64. The molecule has 2 aliphatic rings. The summed E-state index contributed by atoms with van der Waals surface area (Å²) < 4.78 is 16.7. The van der Waals surface area contributed by atoms with Gasteiger partial charge < -0.3 is 13.9 Å². The highest BCUT2D eigenvalue weighted by Crippen LogP contribution is 2.44. The third kappa shape index (κ3) is 7.18. The molecular formula is C27H37NO5. The maximum atomic E-state index is 12.6. The van der Waals surface area contributed by atoms with Gasteiger partial charge in [0.25, 0.3) is 0 Å². The molecule has 0 amide bonds. The van der Waals surface area contributed by atoms with Gasteiger partial charge in [-0.2, -0.15) is 0 Å². The van der Waals surface area contributed by atoms with E-state index in [4.69, 9.17) is 13.9 Å². The predicted molar refractivity (Wildman–Crippen MR) is 127 cm³/mol. The summed E-state index contributed by atoms with van der Waals surface area (Å²) in [4.78, 5) is 28.5.